The lowest BCUT2D eigenvalue weighted by Crippen LogP contribution is -2.14. The van der Waals surface area contributed by atoms with E-state index in [1.807, 2.05) is 12.1 Å². The molecule has 0 fully saturated rings. The zero-order valence-corrected chi connectivity index (χ0v) is 12.9. The molecule has 0 bridgehead atoms. The van der Waals surface area contributed by atoms with Crippen LogP contribution in [0, 0.1) is 0 Å². The second kappa shape index (κ2) is 5.76. The van der Waals surface area contributed by atoms with Crippen molar-refractivity contribution in [3.05, 3.63) is 53.1 Å². The number of nitrogen functional groups attached to an aromatic ring is 1. The first kappa shape index (κ1) is 14.7. The lowest BCUT2D eigenvalue weighted by atomic mass is 9.82. The predicted molar refractivity (Wildman–Crippen MR) is 85.7 cm³/mol. The lowest BCUT2D eigenvalue weighted by Gasteiger charge is -2.23. The van der Waals surface area contributed by atoms with Crippen molar-refractivity contribution in [2.75, 3.05) is 5.73 Å². The third kappa shape index (κ3) is 3.26. The lowest BCUT2D eigenvalue weighted by molar-refractivity contribution is 0.478. The van der Waals surface area contributed by atoms with Gasteiger partial charge < -0.3 is 10.5 Å². The van der Waals surface area contributed by atoms with E-state index in [-0.39, 0.29) is 5.41 Å². The van der Waals surface area contributed by atoms with Crippen LogP contribution in [0.25, 0.3) is 0 Å². The van der Waals surface area contributed by atoms with Crippen LogP contribution in [0.15, 0.2) is 42.5 Å². The van der Waals surface area contributed by atoms with E-state index in [0.29, 0.717) is 16.5 Å². The Bertz CT molecular complexity index is 590. The van der Waals surface area contributed by atoms with E-state index < -0.39 is 0 Å². The number of anilines is 1. The van der Waals surface area contributed by atoms with E-state index in [4.69, 9.17) is 22.1 Å². The van der Waals surface area contributed by atoms with Gasteiger partial charge in [0.15, 0.2) is 0 Å². The maximum Gasteiger partial charge on any atom is 0.146 e. The van der Waals surface area contributed by atoms with Gasteiger partial charge in [-0.2, -0.15) is 0 Å². The molecule has 0 radical (unpaired) electrons. The van der Waals surface area contributed by atoms with Crippen LogP contribution < -0.4 is 10.5 Å². The Hall–Kier alpha value is -1.67. The van der Waals surface area contributed by atoms with Crippen molar-refractivity contribution in [3.63, 3.8) is 0 Å². The van der Waals surface area contributed by atoms with Gasteiger partial charge in [-0.15, -0.1) is 0 Å². The van der Waals surface area contributed by atoms with Crippen molar-refractivity contribution in [3.8, 4) is 11.5 Å². The average molecular weight is 290 g/mol. The van der Waals surface area contributed by atoms with E-state index in [2.05, 4.69) is 32.9 Å². The Morgan fingerprint density at radius 3 is 2.30 bits per heavy atom. The number of ether oxygens (including phenoxy) is 1. The number of rotatable bonds is 4. The number of hydrogen-bond donors (Lipinski definition) is 1. The fourth-order valence-corrected chi connectivity index (χ4v) is 2.13. The number of benzene rings is 2. The van der Waals surface area contributed by atoms with Gasteiger partial charge in [0.05, 0.1) is 5.02 Å². The van der Waals surface area contributed by atoms with Crippen molar-refractivity contribution >= 4 is 17.3 Å². The molecule has 0 aliphatic rings. The molecule has 0 amide bonds. The van der Waals surface area contributed by atoms with E-state index in [1.165, 1.54) is 5.56 Å². The van der Waals surface area contributed by atoms with Gasteiger partial charge in [0.2, 0.25) is 0 Å². The number of nitrogens with two attached hydrogens (primary N) is 1. The zero-order chi connectivity index (χ0) is 14.8. The highest BCUT2D eigenvalue weighted by Crippen LogP contribution is 2.33. The Kier molecular flexibility index (Phi) is 4.24. The van der Waals surface area contributed by atoms with Crippen molar-refractivity contribution < 1.29 is 4.74 Å². The second-order valence-corrected chi connectivity index (χ2v) is 5.96. The molecule has 2 aromatic carbocycles. The molecule has 2 N–H and O–H groups in total. The van der Waals surface area contributed by atoms with Gasteiger partial charge in [-0.25, -0.2) is 0 Å². The summed E-state index contributed by atoms with van der Waals surface area (Å²) in [5.41, 5.74) is 7.77. The van der Waals surface area contributed by atoms with Crippen LogP contribution in [0.1, 0.15) is 32.8 Å². The van der Waals surface area contributed by atoms with Gasteiger partial charge in [0.25, 0.3) is 0 Å². The molecule has 0 unspecified atom stereocenters. The molecule has 0 atom stereocenters. The predicted octanol–water partition coefficient (Wildman–Crippen LogP) is 5.40. The molecule has 0 saturated heterocycles. The van der Waals surface area contributed by atoms with Gasteiger partial charge in [0, 0.05) is 5.69 Å². The van der Waals surface area contributed by atoms with Crippen LogP contribution in [-0.2, 0) is 5.41 Å². The minimum absolute atomic E-state index is 0.178. The van der Waals surface area contributed by atoms with Gasteiger partial charge in [0.1, 0.15) is 11.5 Å². The number of halogens is 1. The summed E-state index contributed by atoms with van der Waals surface area (Å²) in [6.45, 7) is 6.66. The Balaban J connectivity index is 2.19. The third-order valence-electron chi connectivity index (χ3n) is 3.70. The molecule has 20 heavy (non-hydrogen) atoms. The molecule has 3 heteroatoms. The highest BCUT2D eigenvalue weighted by atomic mass is 35.5. The van der Waals surface area contributed by atoms with Gasteiger partial charge in [-0.05, 0) is 47.7 Å². The van der Waals surface area contributed by atoms with Crippen molar-refractivity contribution in [1.29, 1.82) is 0 Å². The van der Waals surface area contributed by atoms with E-state index in [9.17, 15) is 0 Å². The first-order chi connectivity index (χ1) is 9.42. The molecule has 0 aliphatic carbocycles. The van der Waals surface area contributed by atoms with Crippen LogP contribution >= 0.6 is 11.6 Å². The van der Waals surface area contributed by atoms with E-state index >= 15 is 0 Å². The molecule has 0 heterocycles. The molecule has 0 saturated carbocycles. The molecular formula is C17H20ClNO. The minimum Gasteiger partial charge on any atom is -0.456 e. The first-order valence-corrected chi connectivity index (χ1v) is 7.13. The molecule has 0 aliphatic heterocycles. The minimum atomic E-state index is 0.178. The molecule has 2 rings (SSSR count). The largest absolute Gasteiger partial charge is 0.456 e. The summed E-state index contributed by atoms with van der Waals surface area (Å²) in [5.74, 6) is 1.38. The summed E-state index contributed by atoms with van der Waals surface area (Å²) >= 11 is 6.10. The van der Waals surface area contributed by atoms with Gasteiger partial charge in [-0.1, -0.05) is 44.5 Å². The monoisotopic (exact) mass is 289 g/mol. The van der Waals surface area contributed by atoms with Crippen molar-refractivity contribution in [2.45, 2.75) is 32.6 Å². The Morgan fingerprint density at radius 1 is 1.10 bits per heavy atom. The van der Waals surface area contributed by atoms with Crippen LogP contribution in [0.5, 0.6) is 11.5 Å². The average Bonchev–Trinajstić information content (AvgIpc) is 2.42. The summed E-state index contributed by atoms with van der Waals surface area (Å²) in [5, 5.41) is 0.517. The molecule has 106 valence electrons. The smallest absolute Gasteiger partial charge is 0.146 e. The SMILES string of the molecule is CCC(C)(C)c1ccc(Oc2ccc(N)cc2Cl)cc1. The topological polar surface area (TPSA) is 35.2 Å². The summed E-state index contributed by atoms with van der Waals surface area (Å²) in [6.07, 6.45) is 1.09. The zero-order valence-electron chi connectivity index (χ0n) is 12.1. The van der Waals surface area contributed by atoms with E-state index in [1.54, 1.807) is 18.2 Å². The summed E-state index contributed by atoms with van der Waals surface area (Å²) in [7, 11) is 0. The van der Waals surface area contributed by atoms with Crippen LogP contribution in [-0.4, -0.2) is 0 Å². The van der Waals surface area contributed by atoms with Crippen molar-refractivity contribution in [1.82, 2.24) is 0 Å². The fraction of sp³-hybridized carbons (Fsp3) is 0.294. The molecule has 2 aromatic rings. The highest BCUT2D eigenvalue weighted by Gasteiger charge is 2.17. The maximum atomic E-state index is 6.10. The van der Waals surface area contributed by atoms with Gasteiger partial charge >= 0.3 is 0 Å². The summed E-state index contributed by atoms with van der Waals surface area (Å²) < 4.78 is 5.78. The summed E-state index contributed by atoms with van der Waals surface area (Å²) in [4.78, 5) is 0. The standard InChI is InChI=1S/C17H20ClNO/c1-4-17(2,3)12-5-8-14(9-6-12)20-16-10-7-13(19)11-15(16)18/h5-11H,4,19H2,1-3H3. The fourth-order valence-electron chi connectivity index (χ4n) is 1.91. The second-order valence-electron chi connectivity index (χ2n) is 5.55. The first-order valence-electron chi connectivity index (χ1n) is 6.76. The van der Waals surface area contributed by atoms with Gasteiger partial charge in [-0.3, -0.25) is 0 Å². The normalized spacial score (nSPS) is 11.4. The van der Waals surface area contributed by atoms with Crippen LogP contribution in [0.4, 0.5) is 5.69 Å². The Labute approximate surface area is 125 Å². The summed E-state index contributed by atoms with van der Waals surface area (Å²) in [6, 6.07) is 13.4. The van der Waals surface area contributed by atoms with Crippen molar-refractivity contribution in [2.24, 2.45) is 0 Å². The molecule has 0 aromatic heterocycles. The van der Waals surface area contributed by atoms with Crippen LogP contribution in [0.2, 0.25) is 5.02 Å². The molecule has 2 nitrogen and oxygen atoms in total. The van der Waals surface area contributed by atoms with E-state index in [0.717, 1.165) is 12.2 Å². The van der Waals surface area contributed by atoms with Crippen LogP contribution in [0.3, 0.4) is 0 Å². The quantitative estimate of drug-likeness (QED) is 0.765. The highest BCUT2D eigenvalue weighted by molar-refractivity contribution is 6.32. The Morgan fingerprint density at radius 2 is 1.75 bits per heavy atom. The molecular weight excluding hydrogens is 270 g/mol. The molecule has 0 spiro atoms. The maximum absolute atomic E-state index is 6.10. The third-order valence-corrected chi connectivity index (χ3v) is 4.00. The number of hydrogen-bond acceptors (Lipinski definition) is 2.